The Labute approximate surface area is 98.6 Å². The van der Waals surface area contributed by atoms with Crippen LogP contribution in [0.4, 0.5) is 19.0 Å². The summed E-state index contributed by atoms with van der Waals surface area (Å²) in [5.41, 5.74) is -0.726. The lowest BCUT2D eigenvalue weighted by Gasteiger charge is -2.06. The lowest BCUT2D eigenvalue weighted by Crippen LogP contribution is -2.06. The molecule has 0 aliphatic carbocycles. The first-order valence-electron chi connectivity index (χ1n) is 4.75. The number of hydrogen-bond donors (Lipinski definition) is 0. The Kier molecular flexibility index (Phi) is 2.77. The van der Waals surface area contributed by atoms with Crippen molar-refractivity contribution >= 4 is 5.82 Å². The Hall–Kier alpha value is -2.38. The number of benzene rings is 1. The van der Waals surface area contributed by atoms with E-state index in [1.807, 2.05) is 0 Å². The second kappa shape index (κ2) is 4.13. The molecule has 5 nitrogen and oxygen atoms in total. The highest BCUT2D eigenvalue weighted by Gasteiger charge is 2.30. The van der Waals surface area contributed by atoms with E-state index < -0.39 is 22.5 Å². The van der Waals surface area contributed by atoms with E-state index in [2.05, 4.69) is 5.10 Å². The van der Waals surface area contributed by atoms with E-state index in [9.17, 15) is 23.3 Å². The lowest BCUT2D eigenvalue weighted by atomic mass is 10.2. The zero-order valence-corrected chi connectivity index (χ0v) is 8.76. The van der Waals surface area contributed by atoms with Crippen molar-refractivity contribution in [1.82, 2.24) is 9.78 Å². The fraction of sp³-hybridized carbons (Fsp3) is 0.100. The van der Waals surface area contributed by atoms with Gasteiger partial charge >= 0.3 is 12.0 Å². The van der Waals surface area contributed by atoms with Crippen LogP contribution in [0.1, 0.15) is 5.56 Å². The van der Waals surface area contributed by atoms with Crippen LogP contribution in [0, 0.1) is 10.1 Å². The zero-order valence-electron chi connectivity index (χ0n) is 8.76. The number of hydrogen-bond acceptors (Lipinski definition) is 3. The van der Waals surface area contributed by atoms with Crippen LogP contribution in [0.5, 0.6) is 0 Å². The fourth-order valence-electron chi connectivity index (χ4n) is 1.38. The number of halogens is 3. The summed E-state index contributed by atoms with van der Waals surface area (Å²) in [5.74, 6) is -0.424. The van der Waals surface area contributed by atoms with Gasteiger partial charge in [0.15, 0.2) is 0 Å². The first-order valence-corrected chi connectivity index (χ1v) is 4.75. The predicted molar refractivity (Wildman–Crippen MR) is 55.2 cm³/mol. The third-order valence-corrected chi connectivity index (χ3v) is 2.20. The molecule has 94 valence electrons. The minimum absolute atomic E-state index is 0.109. The maximum absolute atomic E-state index is 12.5. The van der Waals surface area contributed by atoms with Gasteiger partial charge in [-0.05, 0) is 23.1 Å². The summed E-state index contributed by atoms with van der Waals surface area (Å²) in [7, 11) is 0. The van der Waals surface area contributed by atoms with Crippen molar-refractivity contribution in [2.45, 2.75) is 6.18 Å². The summed E-state index contributed by atoms with van der Waals surface area (Å²) < 4.78 is 38.5. The molecule has 1 heterocycles. The number of aromatic nitrogens is 2. The summed E-state index contributed by atoms with van der Waals surface area (Å²) in [6.45, 7) is 0. The Morgan fingerprint density at radius 1 is 1.28 bits per heavy atom. The molecule has 1 aromatic carbocycles. The second-order valence-corrected chi connectivity index (χ2v) is 3.42. The van der Waals surface area contributed by atoms with E-state index in [1.54, 1.807) is 0 Å². The van der Waals surface area contributed by atoms with E-state index in [1.165, 1.54) is 18.3 Å². The van der Waals surface area contributed by atoms with Crippen LogP contribution >= 0.6 is 0 Å². The molecule has 0 saturated heterocycles. The molecule has 0 amide bonds. The minimum atomic E-state index is -4.46. The van der Waals surface area contributed by atoms with Crippen molar-refractivity contribution in [1.29, 1.82) is 0 Å². The van der Waals surface area contributed by atoms with Crippen molar-refractivity contribution in [3.05, 3.63) is 52.2 Å². The van der Waals surface area contributed by atoms with Gasteiger partial charge in [-0.15, -0.1) is 4.68 Å². The van der Waals surface area contributed by atoms with Crippen LogP contribution in [-0.4, -0.2) is 14.7 Å². The molecule has 0 aliphatic rings. The third-order valence-electron chi connectivity index (χ3n) is 2.20. The molecular formula is C10H6F3N3O2. The van der Waals surface area contributed by atoms with Crippen LogP contribution in [0.3, 0.4) is 0 Å². The van der Waals surface area contributed by atoms with Gasteiger partial charge in [0.05, 0.1) is 28.6 Å². The molecule has 0 radical (unpaired) electrons. The average molecular weight is 257 g/mol. The molecule has 0 unspecified atom stereocenters. The van der Waals surface area contributed by atoms with Crippen LogP contribution < -0.4 is 0 Å². The highest BCUT2D eigenvalue weighted by molar-refractivity contribution is 5.37. The normalized spacial score (nSPS) is 11.5. The average Bonchev–Trinajstić information content (AvgIpc) is 2.77. The Balaban J connectivity index is 2.41. The second-order valence-electron chi connectivity index (χ2n) is 3.42. The standard InChI is InChI=1S/C10H6F3N3O2/c11-10(12,13)7-2-1-3-8(6-7)15-5-4-9(14-15)16(17)18/h1-6H. The number of rotatable bonds is 2. The number of nitrogens with zero attached hydrogens (tertiary/aromatic N) is 3. The maximum atomic E-state index is 12.5. The minimum Gasteiger partial charge on any atom is -0.358 e. The maximum Gasteiger partial charge on any atom is 0.416 e. The summed E-state index contributed by atoms with van der Waals surface area (Å²) in [4.78, 5) is 9.70. The van der Waals surface area contributed by atoms with Gasteiger partial charge in [-0.3, -0.25) is 0 Å². The molecule has 0 spiro atoms. The largest absolute Gasteiger partial charge is 0.416 e. The van der Waals surface area contributed by atoms with E-state index in [4.69, 9.17) is 0 Å². The highest BCUT2D eigenvalue weighted by atomic mass is 19.4. The topological polar surface area (TPSA) is 61.0 Å². The van der Waals surface area contributed by atoms with Gasteiger partial charge in [0, 0.05) is 0 Å². The van der Waals surface area contributed by atoms with Crippen molar-refractivity contribution in [2.75, 3.05) is 0 Å². The smallest absolute Gasteiger partial charge is 0.358 e. The van der Waals surface area contributed by atoms with Crippen LogP contribution in [0.25, 0.3) is 5.69 Å². The fourth-order valence-corrected chi connectivity index (χ4v) is 1.38. The molecule has 0 saturated carbocycles. The molecule has 0 bridgehead atoms. The molecule has 18 heavy (non-hydrogen) atoms. The van der Waals surface area contributed by atoms with E-state index in [0.717, 1.165) is 22.9 Å². The van der Waals surface area contributed by atoms with E-state index >= 15 is 0 Å². The Morgan fingerprint density at radius 2 is 2.00 bits per heavy atom. The van der Waals surface area contributed by atoms with Gasteiger partial charge in [0.2, 0.25) is 0 Å². The summed E-state index contributed by atoms with van der Waals surface area (Å²) >= 11 is 0. The molecule has 0 atom stereocenters. The Bertz CT molecular complexity index is 592. The monoisotopic (exact) mass is 257 g/mol. The highest BCUT2D eigenvalue weighted by Crippen LogP contribution is 2.30. The number of alkyl halides is 3. The third kappa shape index (κ3) is 2.31. The van der Waals surface area contributed by atoms with Gasteiger partial charge in [-0.1, -0.05) is 6.07 Å². The molecular weight excluding hydrogens is 251 g/mol. The number of nitro groups is 1. The van der Waals surface area contributed by atoms with Gasteiger partial charge in [-0.2, -0.15) is 13.2 Å². The molecule has 2 rings (SSSR count). The molecule has 8 heteroatoms. The van der Waals surface area contributed by atoms with Gasteiger partial charge in [0.25, 0.3) is 0 Å². The molecule has 0 fully saturated rings. The summed E-state index contributed by atoms with van der Waals surface area (Å²) in [6.07, 6.45) is -3.23. The van der Waals surface area contributed by atoms with Crippen LogP contribution in [0.2, 0.25) is 0 Å². The predicted octanol–water partition coefficient (Wildman–Crippen LogP) is 2.80. The van der Waals surface area contributed by atoms with Gasteiger partial charge in [-0.25, -0.2) is 0 Å². The van der Waals surface area contributed by atoms with Crippen molar-refractivity contribution < 1.29 is 18.1 Å². The summed E-state index contributed by atoms with van der Waals surface area (Å²) in [6, 6.07) is 5.50. The SMILES string of the molecule is O=[N+]([O-])c1ccn(-c2cccc(C(F)(F)F)c2)n1. The molecule has 2 aromatic rings. The van der Waals surface area contributed by atoms with Crippen molar-refractivity contribution in [3.63, 3.8) is 0 Å². The van der Waals surface area contributed by atoms with Gasteiger partial charge in [0.1, 0.15) is 0 Å². The quantitative estimate of drug-likeness (QED) is 0.613. The zero-order chi connectivity index (χ0) is 13.3. The summed E-state index contributed by atoms with van der Waals surface area (Å²) in [5, 5.41) is 14.0. The van der Waals surface area contributed by atoms with Gasteiger partial charge < -0.3 is 10.1 Å². The Morgan fingerprint density at radius 3 is 2.56 bits per heavy atom. The molecule has 0 N–H and O–H groups in total. The first-order chi connectivity index (χ1) is 8.38. The first kappa shape index (κ1) is 12.1. The van der Waals surface area contributed by atoms with E-state index in [-0.39, 0.29) is 5.69 Å². The molecule has 1 aromatic heterocycles. The van der Waals surface area contributed by atoms with E-state index in [0.29, 0.717) is 0 Å². The van der Waals surface area contributed by atoms with Crippen LogP contribution in [-0.2, 0) is 6.18 Å². The van der Waals surface area contributed by atoms with Crippen molar-refractivity contribution in [2.24, 2.45) is 0 Å². The molecule has 0 aliphatic heterocycles. The van der Waals surface area contributed by atoms with Crippen LogP contribution in [0.15, 0.2) is 36.5 Å². The van der Waals surface area contributed by atoms with Crippen molar-refractivity contribution in [3.8, 4) is 5.69 Å². The lowest BCUT2D eigenvalue weighted by molar-refractivity contribution is -0.389.